The largest absolute Gasteiger partial charge is 0.388 e. The fourth-order valence-corrected chi connectivity index (χ4v) is 1.62. The number of rotatable bonds is 4. The second-order valence-electron chi connectivity index (χ2n) is 6.36. The van der Waals surface area contributed by atoms with Crippen molar-refractivity contribution in [1.82, 2.24) is 5.32 Å². The Morgan fingerprint density at radius 3 is 2.11 bits per heavy atom. The zero-order valence-electron chi connectivity index (χ0n) is 12.6. The molecule has 0 heterocycles. The van der Waals surface area contributed by atoms with Crippen LogP contribution in [0.1, 0.15) is 57.0 Å². The third kappa shape index (κ3) is 4.67. The van der Waals surface area contributed by atoms with Crippen LogP contribution in [0.25, 0.3) is 0 Å². The van der Waals surface area contributed by atoms with Gasteiger partial charge in [-0.3, -0.25) is 4.79 Å². The van der Waals surface area contributed by atoms with Gasteiger partial charge in [-0.1, -0.05) is 39.8 Å². The van der Waals surface area contributed by atoms with Gasteiger partial charge in [0.2, 0.25) is 0 Å². The summed E-state index contributed by atoms with van der Waals surface area (Å²) in [6.45, 7) is 10.3. The highest BCUT2D eigenvalue weighted by molar-refractivity contribution is 5.94. The molecule has 0 saturated carbocycles. The molecule has 0 aliphatic rings. The Kier molecular flexibility index (Phi) is 4.75. The number of nitrogens with one attached hydrogen (secondary N) is 1. The minimum absolute atomic E-state index is 0.0842. The monoisotopic (exact) mass is 263 g/mol. The first-order valence-electron chi connectivity index (χ1n) is 6.77. The molecule has 0 aliphatic heterocycles. The number of aliphatic hydroxyl groups is 1. The molecule has 19 heavy (non-hydrogen) atoms. The number of amides is 1. The zero-order valence-corrected chi connectivity index (χ0v) is 12.6. The maximum absolute atomic E-state index is 11.9. The van der Waals surface area contributed by atoms with Gasteiger partial charge in [-0.15, -0.1) is 0 Å². The lowest BCUT2D eigenvalue weighted by Gasteiger charge is -2.22. The molecule has 1 aromatic rings. The lowest BCUT2D eigenvalue weighted by molar-refractivity contribution is 0.0518. The second kappa shape index (κ2) is 5.74. The van der Waals surface area contributed by atoms with Crippen molar-refractivity contribution in [2.45, 2.75) is 52.1 Å². The van der Waals surface area contributed by atoms with E-state index in [1.807, 2.05) is 31.2 Å². The summed E-state index contributed by atoms with van der Waals surface area (Å²) in [5.41, 5.74) is 1.06. The van der Waals surface area contributed by atoms with Crippen LogP contribution in [0.5, 0.6) is 0 Å². The lowest BCUT2D eigenvalue weighted by Crippen LogP contribution is -2.40. The molecule has 0 aliphatic carbocycles. The quantitative estimate of drug-likeness (QED) is 0.877. The van der Waals surface area contributed by atoms with Crippen LogP contribution in [0.2, 0.25) is 0 Å². The van der Waals surface area contributed by atoms with Crippen LogP contribution in [0.4, 0.5) is 0 Å². The minimum Gasteiger partial charge on any atom is -0.388 e. The van der Waals surface area contributed by atoms with Crippen molar-refractivity contribution in [2.75, 3.05) is 6.54 Å². The average molecular weight is 263 g/mol. The molecular weight excluding hydrogens is 238 g/mol. The maximum atomic E-state index is 11.9. The van der Waals surface area contributed by atoms with Crippen molar-refractivity contribution in [3.05, 3.63) is 35.4 Å². The van der Waals surface area contributed by atoms with Crippen LogP contribution in [0, 0.1) is 0 Å². The van der Waals surface area contributed by atoms with E-state index in [0.29, 0.717) is 12.0 Å². The van der Waals surface area contributed by atoms with Crippen LogP contribution in [0.15, 0.2) is 24.3 Å². The summed E-state index contributed by atoms with van der Waals surface area (Å²) >= 11 is 0. The van der Waals surface area contributed by atoms with Gasteiger partial charge in [0.1, 0.15) is 0 Å². The molecule has 0 saturated heterocycles. The highest BCUT2D eigenvalue weighted by Gasteiger charge is 2.19. The molecule has 1 unspecified atom stereocenters. The summed E-state index contributed by atoms with van der Waals surface area (Å²) < 4.78 is 0. The molecule has 0 aromatic heterocycles. The van der Waals surface area contributed by atoms with Crippen LogP contribution < -0.4 is 5.32 Å². The van der Waals surface area contributed by atoms with Crippen molar-refractivity contribution >= 4 is 5.91 Å². The first-order valence-corrected chi connectivity index (χ1v) is 6.77. The molecule has 2 N–H and O–H groups in total. The van der Waals surface area contributed by atoms with Crippen molar-refractivity contribution in [3.8, 4) is 0 Å². The van der Waals surface area contributed by atoms with E-state index in [4.69, 9.17) is 0 Å². The van der Waals surface area contributed by atoms with Gasteiger partial charge in [-0.2, -0.15) is 0 Å². The summed E-state index contributed by atoms with van der Waals surface area (Å²) in [6, 6.07) is 7.62. The molecule has 1 rings (SSSR count). The normalized spacial score (nSPS) is 14.8. The third-order valence-corrected chi connectivity index (χ3v) is 3.40. The van der Waals surface area contributed by atoms with E-state index in [-0.39, 0.29) is 17.9 Å². The number of carbonyl (C=O) groups excluding carboxylic acids is 1. The predicted molar refractivity (Wildman–Crippen MR) is 78.4 cm³/mol. The van der Waals surface area contributed by atoms with Gasteiger partial charge in [0.15, 0.2) is 0 Å². The van der Waals surface area contributed by atoms with Crippen molar-refractivity contribution in [2.24, 2.45) is 0 Å². The Balaban J connectivity index is 2.69. The molecule has 1 aromatic carbocycles. The third-order valence-electron chi connectivity index (χ3n) is 3.40. The molecular formula is C16H25NO2. The molecule has 1 amide bonds. The van der Waals surface area contributed by atoms with Gasteiger partial charge in [-0.05, 0) is 36.5 Å². The average Bonchev–Trinajstić information content (AvgIpc) is 2.35. The Hall–Kier alpha value is -1.35. The van der Waals surface area contributed by atoms with Crippen molar-refractivity contribution in [3.63, 3.8) is 0 Å². The van der Waals surface area contributed by atoms with E-state index in [9.17, 15) is 9.90 Å². The smallest absolute Gasteiger partial charge is 0.251 e. The molecule has 0 fully saturated rings. The topological polar surface area (TPSA) is 49.3 Å². The molecule has 0 bridgehead atoms. The highest BCUT2D eigenvalue weighted by atomic mass is 16.3. The summed E-state index contributed by atoms with van der Waals surface area (Å²) in [7, 11) is 0. The minimum atomic E-state index is -0.846. The van der Waals surface area contributed by atoms with E-state index in [1.54, 1.807) is 6.92 Å². The van der Waals surface area contributed by atoms with E-state index >= 15 is 0 Å². The number of hydrogen-bond donors (Lipinski definition) is 2. The number of carbonyl (C=O) groups is 1. The van der Waals surface area contributed by atoms with Gasteiger partial charge in [0.05, 0.1) is 5.60 Å². The predicted octanol–water partition coefficient (Wildman–Crippen LogP) is 2.87. The summed E-state index contributed by atoms with van der Waals surface area (Å²) in [6.07, 6.45) is 0.607. The molecule has 3 nitrogen and oxygen atoms in total. The first kappa shape index (κ1) is 15.7. The number of benzene rings is 1. The van der Waals surface area contributed by atoms with Crippen LogP contribution in [-0.4, -0.2) is 23.2 Å². The Morgan fingerprint density at radius 1 is 1.16 bits per heavy atom. The molecule has 1 atom stereocenters. The maximum Gasteiger partial charge on any atom is 0.251 e. The lowest BCUT2D eigenvalue weighted by atomic mass is 9.86. The fraction of sp³-hybridized carbons (Fsp3) is 0.562. The van der Waals surface area contributed by atoms with Crippen molar-refractivity contribution in [1.29, 1.82) is 0 Å². The highest BCUT2D eigenvalue weighted by Crippen LogP contribution is 2.22. The Morgan fingerprint density at radius 2 is 1.68 bits per heavy atom. The van der Waals surface area contributed by atoms with E-state index in [2.05, 4.69) is 26.1 Å². The molecule has 106 valence electrons. The summed E-state index contributed by atoms with van der Waals surface area (Å²) in [5.74, 6) is -0.144. The van der Waals surface area contributed by atoms with E-state index in [0.717, 1.165) is 0 Å². The second-order valence-corrected chi connectivity index (χ2v) is 6.36. The van der Waals surface area contributed by atoms with Crippen LogP contribution in [-0.2, 0) is 5.41 Å². The molecule has 3 heteroatoms. The Labute approximate surface area is 116 Å². The first-order chi connectivity index (χ1) is 8.65. The van der Waals surface area contributed by atoms with Crippen LogP contribution in [0.3, 0.4) is 0 Å². The van der Waals surface area contributed by atoms with Gasteiger partial charge in [0, 0.05) is 12.1 Å². The SMILES string of the molecule is CCC(C)(O)CNC(=O)c1ccc(C(C)(C)C)cc1. The fourth-order valence-electron chi connectivity index (χ4n) is 1.62. The van der Waals surface area contributed by atoms with Gasteiger partial charge in [0.25, 0.3) is 5.91 Å². The summed E-state index contributed by atoms with van der Waals surface area (Å²) in [4.78, 5) is 11.9. The standard InChI is InChI=1S/C16H25NO2/c1-6-16(5,19)11-17-14(18)12-7-9-13(10-8-12)15(2,3)4/h7-10,19H,6,11H2,1-5H3,(H,17,18). The van der Waals surface area contributed by atoms with Gasteiger partial charge < -0.3 is 10.4 Å². The number of hydrogen-bond acceptors (Lipinski definition) is 2. The molecule has 0 radical (unpaired) electrons. The Bertz CT molecular complexity index is 427. The van der Waals surface area contributed by atoms with Gasteiger partial charge >= 0.3 is 0 Å². The zero-order chi connectivity index (χ0) is 14.7. The van der Waals surface area contributed by atoms with Crippen LogP contribution >= 0.6 is 0 Å². The van der Waals surface area contributed by atoms with Gasteiger partial charge in [-0.25, -0.2) is 0 Å². The van der Waals surface area contributed by atoms with E-state index in [1.165, 1.54) is 5.56 Å². The van der Waals surface area contributed by atoms with Crippen molar-refractivity contribution < 1.29 is 9.90 Å². The van der Waals surface area contributed by atoms with E-state index < -0.39 is 5.60 Å². The summed E-state index contributed by atoms with van der Waals surface area (Å²) in [5, 5.41) is 12.6. The molecule has 0 spiro atoms.